The first-order valence-corrected chi connectivity index (χ1v) is 9.58. The maximum atomic E-state index is 12.5. The molecule has 8 nitrogen and oxygen atoms in total. The molecule has 2 rings (SSSR count). The van der Waals surface area contributed by atoms with Crippen LogP contribution in [0.2, 0.25) is 0 Å². The van der Waals surface area contributed by atoms with Gasteiger partial charge in [-0.25, -0.2) is 8.42 Å². The fraction of sp³-hybridized carbons (Fsp3) is 0.500. The molecular formula is C16H23N3O5S. The predicted molar refractivity (Wildman–Crippen MR) is 92.1 cm³/mol. The Bertz CT molecular complexity index is 693. The van der Waals surface area contributed by atoms with Crippen molar-refractivity contribution >= 4 is 21.8 Å². The summed E-state index contributed by atoms with van der Waals surface area (Å²) in [6, 6.07) is 8.84. The standard InChI is InChI=1S/C16H23N3O5S/c1-24-10-7-17-15(20)11-18-8-9-19(12-16(18)21)25(22,23)13-14-5-3-2-4-6-14/h2-6H,7-13H2,1H3,(H,17,20). The van der Waals surface area contributed by atoms with Crippen LogP contribution in [0.3, 0.4) is 0 Å². The van der Waals surface area contributed by atoms with Gasteiger partial charge < -0.3 is 15.0 Å². The summed E-state index contributed by atoms with van der Waals surface area (Å²) in [6.45, 7) is 0.840. The maximum Gasteiger partial charge on any atom is 0.239 e. The Balaban J connectivity index is 1.88. The van der Waals surface area contributed by atoms with Crippen LogP contribution in [-0.2, 0) is 30.1 Å². The zero-order valence-electron chi connectivity index (χ0n) is 14.2. The first-order valence-electron chi connectivity index (χ1n) is 7.97. The number of amides is 2. The van der Waals surface area contributed by atoms with Crippen LogP contribution in [0.25, 0.3) is 0 Å². The van der Waals surface area contributed by atoms with Gasteiger partial charge in [-0.3, -0.25) is 9.59 Å². The van der Waals surface area contributed by atoms with Crippen molar-refractivity contribution in [2.75, 3.05) is 46.4 Å². The molecule has 138 valence electrons. The van der Waals surface area contributed by atoms with Crippen molar-refractivity contribution in [1.29, 1.82) is 0 Å². The lowest BCUT2D eigenvalue weighted by molar-refractivity contribution is -0.138. The Morgan fingerprint density at radius 1 is 1.24 bits per heavy atom. The van der Waals surface area contributed by atoms with Gasteiger partial charge in [0.1, 0.15) is 0 Å². The molecule has 0 aromatic heterocycles. The van der Waals surface area contributed by atoms with Gasteiger partial charge in [-0.05, 0) is 5.56 Å². The summed E-state index contributed by atoms with van der Waals surface area (Å²) in [5, 5.41) is 2.64. The molecule has 1 fully saturated rings. The average molecular weight is 369 g/mol. The van der Waals surface area contributed by atoms with Gasteiger partial charge >= 0.3 is 0 Å². The van der Waals surface area contributed by atoms with Crippen LogP contribution < -0.4 is 5.32 Å². The van der Waals surface area contributed by atoms with E-state index in [4.69, 9.17) is 4.74 Å². The van der Waals surface area contributed by atoms with Crippen molar-refractivity contribution in [2.45, 2.75) is 5.75 Å². The number of nitrogens with zero attached hydrogens (tertiary/aromatic N) is 2. The van der Waals surface area contributed by atoms with Crippen molar-refractivity contribution in [3.8, 4) is 0 Å². The molecule has 1 aliphatic heterocycles. The van der Waals surface area contributed by atoms with Crippen molar-refractivity contribution in [2.24, 2.45) is 0 Å². The highest BCUT2D eigenvalue weighted by Crippen LogP contribution is 2.14. The third-order valence-electron chi connectivity index (χ3n) is 3.83. The van der Waals surface area contributed by atoms with Gasteiger partial charge in [0.2, 0.25) is 21.8 Å². The number of sulfonamides is 1. The van der Waals surface area contributed by atoms with Crippen LogP contribution in [0, 0.1) is 0 Å². The van der Waals surface area contributed by atoms with Crippen molar-refractivity contribution < 1.29 is 22.7 Å². The van der Waals surface area contributed by atoms with E-state index in [0.29, 0.717) is 18.7 Å². The normalized spacial score (nSPS) is 16.0. The molecular weight excluding hydrogens is 346 g/mol. The molecule has 1 heterocycles. The lowest BCUT2D eigenvalue weighted by atomic mass is 10.2. The summed E-state index contributed by atoms with van der Waals surface area (Å²) < 4.78 is 30.9. The zero-order chi connectivity index (χ0) is 18.3. The molecule has 0 unspecified atom stereocenters. The fourth-order valence-electron chi connectivity index (χ4n) is 2.49. The minimum Gasteiger partial charge on any atom is -0.383 e. The number of nitrogens with one attached hydrogen (secondary N) is 1. The summed E-state index contributed by atoms with van der Waals surface area (Å²) in [5.74, 6) is -0.797. The molecule has 0 spiro atoms. The molecule has 1 aromatic rings. The highest BCUT2D eigenvalue weighted by atomic mass is 32.2. The van der Waals surface area contributed by atoms with E-state index in [1.807, 2.05) is 6.07 Å². The quantitative estimate of drug-likeness (QED) is 0.619. The highest BCUT2D eigenvalue weighted by molar-refractivity contribution is 7.88. The van der Waals surface area contributed by atoms with E-state index >= 15 is 0 Å². The summed E-state index contributed by atoms with van der Waals surface area (Å²) >= 11 is 0. The fourth-order valence-corrected chi connectivity index (χ4v) is 3.95. The number of methoxy groups -OCH3 is 1. The van der Waals surface area contributed by atoms with Gasteiger partial charge in [0.15, 0.2) is 0 Å². The van der Waals surface area contributed by atoms with E-state index in [9.17, 15) is 18.0 Å². The largest absolute Gasteiger partial charge is 0.383 e. The number of carbonyl (C=O) groups excluding carboxylic acids is 2. The summed E-state index contributed by atoms with van der Waals surface area (Å²) in [7, 11) is -2.04. The van der Waals surface area contributed by atoms with Crippen LogP contribution in [0.5, 0.6) is 0 Å². The third kappa shape index (κ3) is 5.80. The highest BCUT2D eigenvalue weighted by Gasteiger charge is 2.32. The van der Waals surface area contributed by atoms with Gasteiger partial charge in [0.25, 0.3) is 0 Å². The summed E-state index contributed by atoms with van der Waals surface area (Å²) in [5.41, 5.74) is 0.676. The van der Waals surface area contributed by atoms with E-state index in [1.54, 1.807) is 24.3 Å². The molecule has 0 radical (unpaired) electrons. The number of ether oxygens (including phenoxy) is 1. The summed E-state index contributed by atoms with van der Waals surface area (Å²) in [6.07, 6.45) is 0. The Kier molecular flexibility index (Phi) is 6.91. The van der Waals surface area contributed by atoms with E-state index < -0.39 is 10.0 Å². The average Bonchev–Trinajstić information content (AvgIpc) is 2.57. The van der Waals surface area contributed by atoms with Crippen molar-refractivity contribution in [3.05, 3.63) is 35.9 Å². The van der Waals surface area contributed by atoms with Gasteiger partial charge in [-0.1, -0.05) is 30.3 Å². The smallest absolute Gasteiger partial charge is 0.239 e. The first kappa shape index (κ1) is 19.4. The minimum atomic E-state index is -3.57. The molecule has 1 saturated heterocycles. The number of hydrogen-bond donors (Lipinski definition) is 1. The van der Waals surface area contributed by atoms with Gasteiger partial charge in [0, 0.05) is 26.7 Å². The summed E-state index contributed by atoms with van der Waals surface area (Å²) in [4.78, 5) is 25.3. The Morgan fingerprint density at radius 3 is 2.60 bits per heavy atom. The SMILES string of the molecule is COCCNC(=O)CN1CCN(S(=O)(=O)Cc2ccccc2)CC1=O. The number of carbonyl (C=O) groups is 2. The monoisotopic (exact) mass is 369 g/mol. The molecule has 0 aliphatic carbocycles. The second kappa shape index (κ2) is 8.93. The van der Waals surface area contributed by atoms with Crippen LogP contribution in [0.4, 0.5) is 0 Å². The Morgan fingerprint density at radius 2 is 1.96 bits per heavy atom. The van der Waals surface area contributed by atoms with E-state index in [-0.39, 0.29) is 43.7 Å². The van der Waals surface area contributed by atoms with E-state index in [1.165, 1.54) is 16.3 Å². The minimum absolute atomic E-state index is 0.0743. The number of benzene rings is 1. The zero-order valence-corrected chi connectivity index (χ0v) is 15.0. The lowest BCUT2D eigenvalue weighted by Gasteiger charge is -2.33. The second-order valence-corrected chi connectivity index (χ2v) is 7.70. The Labute approximate surface area is 147 Å². The first-order chi connectivity index (χ1) is 11.9. The molecule has 0 atom stereocenters. The van der Waals surface area contributed by atoms with Gasteiger partial charge in [-0.15, -0.1) is 0 Å². The van der Waals surface area contributed by atoms with Crippen LogP contribution in [0.1, 0.15) is 5.56 Å². The van der Waals surface area contributed by atoms with Crippen LogP contribution >= 0.6 is 0 Å². The molecule has 1 N–H and O–H groups in total. The second-order valence-electron chi connectivity index (χ2n) is 5.73. The molecule has 9 heteroatoms. The molecule has 1 aliphatic rings. The molecule has 0 bridgehead atoms. The van der Waals surface area contributed by atoms with Crippen LogP contribution in [0.15, 0.2) is 30.3 Å². The van der Waals surface area contributed by atoms with Gasteiger partial charge in [-0.2, -0.15) is 4.31 Å². The topological polar surface area (TPSA) is 96.0 Å². The van der Waals surface area contributed by atoms with Gasteiger partial charge in [0.05, 0.1) is 25.4 Å². The lowest BCUT2D eigenvalue weighted by Crippen LogP contribution is -2.54. The molecule has 1 aromatic carbocycles. The number of rotatable bonds is 8. The van der Waals surface area contributed by atoms with Crippen LogP contribution in [-0.4, -0.2) is 75.9 Å². The van der Waals surface area contributed by atoms with Crippen molar-refractivity contribution in [3.63, 3.8) is 0 Å². The predicted octanol–water partition coefficient (Wildman–Crippen LogP) is -0.577. The van der Waals surface area contributed by atoms with E-state index in [0.717, 1.165) is 0 Å². The molecule has 25 heavy (non-hydrogen) atoms. The van der Waals surface area contributed by atoms with E-state index in [2.05, 4.69) is 5.32 Å². The Hall–Kier alpha value is -1.97. The van der Waals surface area contributed by atoms with Crippen molar-refractivity contribution in [1.82, 2.24) is 14.5 Å². The molecule has 2 amide bonds. The number of hydrogen-bond acceptors (Lipinski definition) is 5. The maximum absolute atomic E-state index is 12.5. The molecule has 0 saturated carbocycles. The third-order valence-corrected chi connectivity index (χ3v) is 5.63. The number of piperazine rings is 1.